The molecule has 0 bridgehead atoms. The number of aryl methyl sites for hydroxylation is 1. The topological polar surface area (TPSA) is 58.2 Å². The van der Waals surface area contributed by atoms with Crippen molar-refractivity contribution in [3.63, 3.8) is 0 Å². The van der Waals surface area contributed by atoms with E-state index in [9.17, 15) is 4.79 Å². The predicted molar refractivity (Wildman–Crippen MR) is 92.1 cm³/mol. The lowest BCUT2D eigenvalue weighted by Gasteiger charge is -2.25. The van der Waals surface area contributed by atoms with Gasteiger partial charge in [-0.15, -0.1) is 11.3 Å². The highest BCUT2D eigenvalue weighted by Gasteiger charge is 2.20. The monoisotopic (exact) mass is 333 g/mol. The Kier molecular flexibility index (Phi) is 4.94. The fourth-order valence-corrected chi connectivity index (χ4v) is 4.00. The van der Waals surface area contributed by atoms with Crippen LogP contribution >= 0.6 is 11.3 Å². The predicted octanol–water partition coefficient (Wildman–Crippen LogP) is 3.04. The molecule has 0 amide bonds. The van der Waals surface area contributed by atoms with Crippen molar-refractivity contribution in [2.24, 2.45) is 0 Å². The zero-order chi connectivity index (χ0) is 16.4. The second-order valence-corrected chi connectivity index (χ2v) is 6.85. The summed E-state index contributed by atoms with van der Waals surface area (Å²) in [6.07, 6.45) is 0.824. The fraction of sp³-hybridized carbons (Fsp3) is 0.529. The van der Waals surface area contributed by atoms with Gasteiger partial charge in [-0.1, -0.05) is 6.92 Å². The summed E-state index contributed by atoms with van der Waals surface area (Å²) < 4.78 is 5.38. The summed E-state index contributed by atoms with van der Waals surface area (Å²) in [5, 5.41) is 3.20. The first-order valence-electron chi connectivity index (χ1n) is 8.07. The van der Waals surface area contributed by atoms with Crippen LogP contribution in [-0.2, 0) is 17.7 Å². The maximum atomic E-state index is 11.9. The van der Waals surface area contributed by atoms with Crippen LogP contribution in [-0.4, -0.2) is 47.0 Å². The van der Waals surface area contributed by atoms with E-state index < -0.39 is 0 Å². The van der Waals surface area contributed by atoms with E-state index in [-0.39, 0.29) is 5.78 Å². The maximum Gasteiger partial charge on any atom is 0.161 e. The van der Waals surface area contributed by atoms with Crippen LogP contribution in [0.25, 0.3) is 11.4 Å². The molecule has 0 aliphatic carbocycles. The van der Waals surface area contributed by atoms with Crippen LogP contribution in [0.2, 0.25) is 0 Å². The Bertz CT molecular complexity index is 699. The van der Waals surface area contributed by atoms with Crippen LogP contribution in [0.4, 0.5) is 0 Å². The largest absolute Gasteiger partial charge is 0.379 e. The highest BCUT2D eigenvalue weighted by Crippen LogP contribution is 2.30. The van der Waals surface area contributed by atoms with Gasteiger partial charge in [0.05, 0.1) is 31.1 Å². The summed E-state index contributed by atoms with van der Waals surface area (Å²) in [6.45, 7) is 10.1. The van der Waals surface area contributed by atoms with E-state index in [0.29, 0.717) is 0 Å². The number of thiazole rings is 1. The van der Waals surface area contributed by atoms with Gasteiger partial charge < -0.3 is 9.72 Å². The number of aromatic amines is 1. The summed E-state index contributed by atoms with van der Waals surface area (Å²) in [5.41, 5.74) is 4.79. The van der Waals surface area contributed by atoms with E-state index in [0.717, 1.165) is 72.5 Å². The number of hydrogen-bond acceptors (Lipinski definition) is 5. The Balaban J connectivity index is 1.85. The lowest BCUT2D eigenvalue weighted by molar-refractivity contribution is 0.0342. The summed E-state index contributed by atoms with van der Waals surface area (Å²) >= 11 is 1.68. The van der Waals surface area contributed by atoms with E-state index in [2.05, 4.69) is 22.2 Å². The highest BCUT2D eigenvalue weighted by molar-refractivity contribution is 7.09. The van der Waals surface area contributed by atoms with Crippen molar-refractivity contribution in [1.82, 2.24) is 14.9 Å². The molecule has 23 heavy (non-hydrogen) atoms. The minimum Gasteiger partial charge on any atom is -0.379 e. The lowest BCUT2D eigenvalue weighted by atomic mass is 10.0. The Morgan fingerprint density at radius 2 is 2.17 bits per heavy atom. The normalized spacial score (nSPS) is 16.0. The van der Waals surface area contributed by atoms with Gasteiger partial charge in [0.2, 0.25) is 0 Å². The summed E-state index contributed by atoms with van der Waals surface area (Å²) in [6, 6.07) is 0. The average molecular weight is 333 g/mol. The molecule has 3 heterocycles. The third-order valence-corrected chi connectivity index (χ3v) is 5.10. The van der Waals surface area contributed by atoms with Gasteiger partial charge in [-0.05, 0) is 25.8 Å². The molecule has 0 atom stereocenters. The molecule has 5 nitrogen and oxygen atoms in total. The third kappa shape index (κ3) is 3.39. The van der Waals surface area contributed by atoms with Gasteiger partial charge in [0.15, 0.2) is 5.78 Å². The molecule has 1 aliphatic rings. The first-order chi connectivity index (χ1) is 11.1. The van der Waals surface area contributed by atoms with Crippen molar-refractivity contribution >= 4 is 17.1 Å². The van der Waals surface area contributed by atoms with E-state index in [1.54, 1.807) is 18.3 Å². The maximum absolute atomic E-state index is 11.9. The van der Waals surface area contributed by atoms with Crippen LogP contribution in [0.3, 0.4) is 0 Å². The van der Waals surface area contributed by atoms with Crippen molar-refractivity contribution < 1.29 is 9.53 Å². The molecular formula is C17H23N3O2S. The molecule has 6 heteroatoms. The smallest absolute Gasteiger partial charge is 0.161 e. The molecule has 1 fully saturated rings. The number of ketones is 1. The Morgan fingerprint density at radius 1 is 1.43 bits per heavy atom. The number of nitrogens with one attached hydrogen (secondary N) is 1. The molecule has 0 radical (unpaired) electrons. The number of Topliss-reactive ketones (excluding diaryl/α,β-unsaturated/α-hetero) is 1. The number of hydrogen-bond donors (Lipinski definition) is 1. The standard InChI is InChI=1S/C17H23N3O2S/c1-4-13-16(12(3)21)11(2)18-17(13)14-10-23-15(19-14)9-20-5-7-22-8-6-20/h10,18H,4-9H2,1-3H3. The third-order valence-electron chi connectivity index (χ3n) is 4.27. The summed E-state index contributed by atoms with van der Waals surface area (Å²) in [4.78, 5) is 22.4. The number of aromatic nitrogens is 2. The average Bonchev–Trinajstić information content (AvgIpc) is 3.12. The lowest BCUT2D eigenvalue weighted by Crippen LogP contribution is -2.35. The number of rotatable bonds is 5. The number of carbonyl (C=O) groups is 1. The number of morpholine rings is 1. The Labute approximate surface area is 140 Å². The van der Waals surface area contributed by atoms with Crippen LogP contribution in [0.1, 0.15) is 40.5 Å². The molecule has 1 aliphatic heterocycles. The van der Waals surface area contributed by atoms with Gasteiger partial charge in [0.25, 0.3) is 0 Å². The van der Waals surface area contributed by atoms with Gasteiger partial charge in [-0.3, -0.25) is 9.69 Å². The number of carbonyl (C=O) groups excluding carboxylic acids is 1. The molecule has 0 unspecified atom stereocenters. The molecule has 1 N–H and O–H groups in total. The molecule has 2 aromatic rings. The van der Waals surface area contributed by atoms with Crippen molar-refractivity contribution in [2.45, 2.75) is 33.7 Å². The molecule has 0 aromatic carbocycles. The van der Waals surface area contributed by atoms with Crippen LogP contribution < -0.4 is 0 Å². The zero-order valence-corrected chi connectivity index (χ0v) is 14.8. The van der Waals surface area contributed by atoms with Crippen molar-refractivity contribution in [3.8, 4) is 11.4 Å². The van der Waals surface area contributed by atoms with Crippen LogP contribution in [0.15, 0.2) is 5.38 Å². The Hall–Kier alpha value is -1.50. The Morgan fingerprint density at radius 3 is 2.83 bits per heavy atom. The number of nitrogens with zero attached hydrogens (tertiary/aromatic N) is 2. The highest BCUT2D eigenvalue weighted by atomic mass is 32.1. The SMILES string of the molecule is CCc1c(-c2csc(CN3CCOCC3)n2)[nH]c(C)c1C(C)=O. The second kappa shape index (κ2) is 6.95. The number of H-pyrrole nitrogens is 1. The van der Waals surface area contributed by atoms with Gasteiger partial charge in [0, 0.05) is 29.7 Å². The zero-order valence-electron chi connectivity index (χ0n) is 13.9. The van der Waals surface area contributed by atoms with Crippen LogP contribution in [0, 0.1) is 6.92 Å². The van der Waals surface area contributed by atoms with E-state index in [1.165, 1.54) is 0 Å². The first kappa shape index (κ1) is 16.4. The van der Waals surface area contributed by atoms with Crippen molar-refractivity contribution in [2.75, 3.05) is 26.3 Å². The van der Waals surface area contributed by atoms with Gasteiger partial charge in [-0.25, -0.2) is 4.98 Å². The molecular weight excluding hydrogens is 310 g/mol. The molecule has 124 valence electrons. The minimum atomic E-state index is 0.116. The minimum absolute atomic E-state index is 0.116. The fourth-order valence-electron chi connectivity index (χ4n) is 3.17. The van der Waals surface area contributed by atoms with Crippen molar-refractivity contribution in [3.05, 3.63) is 27.2 Å². The van der Waals surface area contributed by atoms with Gasteiger partial charge in [0.1, 0.15) is 5.01 Å². The number of ether oxygens (including phenoxy) is 1. The summed E-state index contributed by atoms with van der Waals surface area (Å²) in [5.74, 6) is 0.116. The van der Waals surface area contributed by atoms with E-state index in [1.807, 2.05) is 6.92 Å². The summed E-state index contributed by atoms with van der Waals surface area (Å²) in [7, 11) is 0. The van der Waals surface area contributed by atoms with E-state index >= 15 is 0 Å². The first-order valence-corrected chi connectivity index (χ1v) is 8.95. The molecule has 0 spiro atoms. The van der Waals surface area contributed by atoms with Crippen molar-refractivity contribution in [1.29, 1.82) is 0 Å². The second-order valence-electron chi connectivity index (χ2n) is 5.90. The molecule has 2 aromatic heterocycles. The van der Waals surface area contributed by atoms with E-state index in [4.69, 9.17) is 9.72 Å². The quantitative estimate of drug-likeness (QED) is 0.855. The van der Waals surface area contributed by atoms with Gasteiger partial charge >= 0.3 is 0 Å². The van der Waals surface area contributed by atoms with Gasteiger partial charge in [-0.2, -0.15) is 0 Å². The molecule has 3 rings (SSSR count). The van der Waals surface area contributed by atoms with Crippen LogP contribution in [0.5, 0.6) is 0 Å². The molecule has 1 saturated heterocycles. The molecule has 0 saturated carbocycles.